The van der Waals surface area contributed by atoms with Crippen molar-refractivity contribution in [2.45, 2.75) is 65.7 Å². The van der Waals surface area contributed by atoms with Crippen LogP contribution in [0.1, 0.15) is 76.0 Å². The van der Waals surface area contributed by atoms with Gasteiger partial charge in [-0.05, 0) is 104 Å². The zero-order valence-electron chi connectivity index (χ0n) is 27.6. The lowest BCUT2D eigenvalue weighted by molar-refractivity contribution is 0.795. The van der Waals surface area contributed by atoms with Crippen molar-refractivity contribution < 1.29 is 0 Å². The Bertz CT molecular complexity index is 1920. The highest BCUT2D eigenvalue weighted by molar-refractivity contribution is 6.11. The minimum absolute atomic E-state index is 1.06. The first kappa shape index (κ1) is 31.2. The number of fused-ring (bicyclic) bond motifs is 3. The number of rotatable bonds is 9. The van der Waals surface area contributed by atoms with Crippen LogP contribution < -0.4 is 4.90 Å². The molecule has 2 nitrogen and oxygen atoms in total. The minimum atomic E-state index is 1.06. The molecule has 0 unspecified atom stereocenters. The topological polar surface area (TPSA) is 8.17 Å². The second-order valence-corrected chi connectivity index (χ2v) is 11.9. The molecular weight excluding hydrogens is 556 g/mol. The highest BCUT2D eigenvalue weighted by Gasteiger charge is 2.18. The third-order valence-corrected chi connectivity index (χ3v) is 8.80. The summed E-state index contributed by atoms with van der Waals surface area (Å²) in [6.07, 6.45) is 26.3. The number of para-hydroxylation sites is 1. The number of benzene rings is 4. The predicted molar refractivity (Wildman–Crippen MR) is 202 cm³/mol. The molecule has 1 aromatic heterocycles. The Labute approximate surface area is 275 Å². The lowest BCUT2D eigenvalue weighted by Gasteiger charge is -2.28. The van der Waals surface area contributed by atoms with Crippen LogP contribution in [0, 0.1) is 0 Å². The van der Waals surface area contributed by atoms with Crippen LogP contribution in [0.4, 0.5) is 11.4 Å². The number of unbranched alkanes of at least 4 members (excludes halogenated alkanes) is 1. The van der Waals surface area contributed by atoms with E-state index in [9.17, 15) is 0 Å². The summed E-state index contributed by atoms with van der Waals surface area (Å²) in [6, 6.07) is 33.7. The predicted octanol–water partition coefficient (Wildman–Crippen LogP) is 12.9. The third-order valence-electron chi connectivity index (χ3n) is 8.80. The van der Waals surface area contributed by atoms with Crippen LogP contribution in [0.15, 0.2) is 133 Å². The van der Waals surface area contributed by atoms with Crippen LogP contribution in [-0.4, -0.2) is 4.57 Å². The Hall–Kier alpha value is -4.82. The molecule has 46 heavy (non-hydrogen) atoms. The summed E-state index contributed by atoms with van der Waals surface area (Å²) >= 11 is 0. The molecule has 0 spiro atoms. The molecule has 7 rings (SSSR count). The molecule has 5 aromatic rings. The lowest BCUT2D eigenvalue weighted by Crippen LogP contribution is -2.16. The fourth-order valence-electron chi connectivity index (χ4n) is 6.46. The average Bonchev–Trinajstić information content (AvgIpc) is 3.46. The summed E-state index contributed by atoms with van der Waals surface area (Å²) in [5.41, 5.74) is 11.2. The van der Waals surface area contributed by atoms with Gasteiger partial charge in [0.2, 0.25) is 0 Å². The van der Waals surface area contributed by atoms with Gasteiger partial charge < -0.3 is 9.47 Å². The zero-order chi connectivity index (χ0) is 31.7. The molecule has 0 aliphatic heterocycles. The molecule has 0 N–H and O–H groups in total. The minimum Gasteiger partial charge on any atom is -0.311 e. The van der Waals surface area contributed by atoms with E-state index in [4.69, 9.17) is 0 Å². The highest BCUT2D eigenvalue weighted by Crippen LogP contribution is 2.39. The van der Waals surface area contributed by atoms with Gasteiger partial charge in [0.05, 0.1) is 11.0 Å². The van der Waals surface area contributed by atoms with Crippen LogP contribution in [0.25, 0.3) is 39.7 Å². The molecule has 232 valence electrons. The number of hydrogen-bond acceptors (Lipinski definition) is 1. The monoisotopic (exact) mass is 602 g/mol. The SMILES string of the molecule is CC.CCCCc1ccc(/C=C/c2ccc(N(C3=CCCC=C3)c3ccc4c(c3)c3ccccc3n4C3=CCCC=C3)cc2)cc1. The van der Waals surface area contributed by atoms with Gasteiger partial charge >= 0.3 is 0 Å². The van der Waals surface area contributed by atoms with Gasteiger partial charge in [-0.25, -0.2) is 0 Å². The van der Waals surface area contributed by atoms with Crippen molar-refractivity contribution in [3.63, 3.8) is 0 Å². The number of aromatic nitrogens is 1. The van der Waals surface area contributed by atoms with Crippen molar-refractivity contribution in [2.75, 3.05) is 4.90 Å². The Morgan fingerprint density at radius 1 is 0.652 bits per heavy atom. The Morgan fingerprint density at radius 2 is 1.30 bits per heavy atom. The average molecular weight is 603 g/mol. The summed E-state index contributed by atoms with van der Waals surface area (Å²) in [4.78, 5) is 2.41. The van der Waals surface area contributed by atoms with Gasteiger partial charge in [0, 0.05) is 33.5 Å². The molecule has 0 bridgehead atoms. The molecule has 0 fully saturated rings. The molecule has 1 heterocycles. The van der Waals surface area contributed by atoms with E-state index in [-0.39, 0.29) is 0 Å². The molecule has 0 radical (unpaired) electrons. The molecular formula is C44H46N2. The Balaban J connectivity index is 0.00000182. The van der Waals surface area contributed by atoms with E-state index < -0.39 is 0 Å². The van der Waals surface area contributed by atoms with Gasteiger partial charge in [-0.3, -0.25) is 0 Å². The van der Waals surface area contributed by atoms with E-state index in [2.05, 4.69) is 156 Å². The summed E-state index contributed by atoms with van der Waals surface area (Å²) in [5, 5.41) is 2.57. The maximum atomic E-state index is 2.42. The smallest absolute Gasteiger partial charge is 0.0542 e. The van der Waals surface area contributed by atoms with Crippen molar-refractivity contribution in [3.05, 3.63) is 150 Å². The number of anilines is 2. The molecule has 2 aliphatic rings. The van der Waals surface area contributed by atoms with Crippen molar-refractivity contribution in [1.29, 1.82) is 0 Å². The van der Waals surface area contributed by atoms with Gasteiger partial charge in [-0.15, -0.1) is 0 Å². The van der Waals surface area contributed by atoms with E-state index >= 15 is 0 Å². The maximum absolute atomic E-state index is 2.42. The van der Waals surface area contributed by atoms with E-state index in [0.717, 1.165) is 32.1 Å². The van der Waals surface area contributed by atoms with Crippen molar-refractivity contribution in [1.82, 2.24) is 4.57 Å². The van der Waals surface area contributed by atoms with Crippen LogP contribution in [-0.2, 0) is 6.42 Å². The highest BCUT2D eigenvalue weighted by atomic mass is 15.1. The summed E-state index contributed by atoms with van der Waals surface area (Å²) in [7, 11) is 0. The largest absolute Gasteiger partial charge is 0.311 e. The summed E-state index contributed by atoms with van der Waals surface area (Å²) in [5.74, 6) is 0. The Kier molecular flexibility index (Phi) is 10.1. The number of nitrogens with zero attached hydrogens (tertiary/aromatic N) is 2. The van der Waals surface area contributed by atoms with Crippen LogP contribution in [0.3, 0.4) is 0 Å². The van der Waals surface area contributed by atoms with Crippen LogP contribution >= 0.6 is 0 Å². The number of allylic oxidation sites excluding steroid dienone is 7. The van der Waals surface area contributed by atoms with Gasteiger partial charge in [0.1, 0.15) is 0 Å². The standard InChI is InChI=1S/C42H40N2.C2H6/c1-2-3-12-32-19-21-33(22-20-32)23-24-34-25-27-37(28-26-34)43(35-13-6-4-7-14-35)38-29-30-42-40(31-38)39-17-10-11-18-41(39)44(42)36-15-8-5-9-16-36;1-2/h6,8,10-11,13-31H,2-5,7,9,12H2,1H3;1-2H3/b24-23+;. The van der Waals surface area contributed by atoms with E-state index in [1.807, 2.05) is 13.8 Å². The fourth-order valence-corrected chi connectivity index (χ4v) is 6.46. The van der Waals surface area contributed by atoms with Gasteiger partial charge in [-0.1, -0.05) is 118 Å². The second-order valence-electron chi connectivity index (χ2n) is 11.9. The quantitative estimate of drug-likeness (QED) is 0.152. The molecule has 0 atom stereocenters. The van der Waals surface area contributed by atoms with Gasteiger partial charge in [0.25, 0.3) is 0 Å². The molecule has 2 heteroatoms. The first-order valence-electron chi connectivity index (χ1n) is 17.2. The first-order valence-corrected chi connectivity index (χ1v) is 17.2. The maximum Gasteiger partial charge on any atom is 0.0542 e. The fraction of sp³-hybridized carbons (Fsp3) is 0.227. The molecule has 4 aromatic carbocycles. The molecule has 0 saturated carbocycles. The lowest BCUT2D eigenvalue weighted by atomic mass is 10.0. The van der Waals surface area contributed by atoms with Gasteiger partial charge in [-0.2, -0.15) is 0 Å². The van der Waals surface area contributed by atoms with Gasteiger partial charge in [0.15, 0.2) is 0 Å². The molecule has 2 aliphatic carbocycles. The third kappa shape index (κ3) is 6.72. The van der Waals surface area contributed by atoms with Crippen molar-refractivity contribution >= 4 is 51.0 Å². The summed E-state index contributed by atoms with van der Waals surface area (Å²) in [6.45, 7) is 6.25. The van der Waals surface area contributed by atoms with Crippen LogP contribution in [0.2, 0.25) is 0 Å². The normalized spacial score (nSPS) is 14.3. The molecule has 0 saturated heterocycles. The number of aryl methyl sites for hydroxylation is 1. The van der Waals surface area contributed by atoms with E-state index in [0.29, 0.717) is 0 Å². The summed E-state index contributed by atoms with van der Waals surface area (Å²) < 4.78 is 2.42. The first-order chi connectivity index (χ1) is 22.8. The van der Waals surface area contributed by atoms with Crippen molar-refractivity contribution in [2.24, 2.45) is 0 Å². The van der Waals surface area contributed by atoms with Crippen LogP contribution in [0.5, 0.6) is 0 Å². The molecule has 0 amide bonds. The Morgan fingerprint density at radius 3 is 1.98 bits per heavy atom. The van der Waals surface area contributed by atoms with E-state index in [1.54, 1.807) is 0 Å². The number of hydrogen-bond donors (Lipinski definition) is 0. The second kappa shape index (κ2) is 15.0. The van der Waals surface area contributed by atoms with Crippen molar-refractivity contribution in [3.8, 4) is 0 Å². The van der Waals surface area contributed by atoms with E-state index in [1.165, 1.54) is 74.1 Å². The zero-order valence-corrected chi connectivity index (χ0v) is 27.6.